The summed E-state index contributed by atoms with van der Waals surface area (Å²) < 4.78 is 68.7. The lowest BCUT2D eigenvalue weighted by Gasteiger charge is -2.31. The Balaban J connectivity index is 2.05. The molecule has 0 aliphatic heterocycles. The van der Waals surface area contributed by atoms with Gasteiger partial charge in [-0.15, -0.1) is 0 Å². The third-order valence-electron chi connectivity index (χ3n) is 17.4. The van der Waals surface area contributed by atoms with Gasteiger partial charge in [0, 0.05) is 50.4 Å². The Labute approximate surface area is 598 Å². The van der Waals surface area contributed by atoms with Crippen LogP contribution in [0.1, 0.15) is 251 Å². The summed E-state index contributed by atoms with van der Waals surface area (Å²) in [5.74, 6) is -10.6. The molecule has 2 saturated carbocycles. The van der Waals surface area contributed by atoms with Gasteiger partial charge in [0.15, 0.2) is 13.2 Å². The molecule has 0 aromatic heterocycles. The number of carbonyl (C=O) groups is 14. The number of nitrogens with two attached hydrogens (primary N) is 4. The van der Waals surface area contributed by atoms with Crippen molar-refractivity contribution in [2.24, 2.45) is 57.9 Å². The maximum atomic E-state index is 13.8. The zero-order chi connectivity index (χ0) is 75.2. The first-order valence-electron chi connectivity index (χ1n) is 36.7. The molecule has 0 bridgehead atoms. The summed E-state index contributed by atoms with van der Waals surface area (Å²) in [4.78, 5) is 177. The zero-order valence-electron chi connectivity index (χ0n) is 60.2. The number of esters is 9. The van der Waals surface area contributed by atoms with Gasteiger partial charge in [0.2, 0.25) is 0 Å². The predicted molar refractivity (Wildman–Crippen MR) is 362 cm³/mol. The number of rotatable bonds is 58. The fourth-order valence-electron chi connectivity index (χ4n) is 11.7. The lowest BCUT2D eigenvalue weighted by molar-refractivity contribution is -0.189. The minimum absolute atomic E-state index is 0.0211. The van der Waals surface area contributed by atoms with E-state index in [1.165, 1.54) is 6.42 Å². The number of Topliss-reactive ketones (excluding diaryl/α,β-unsaturated/α-hetero) is 1. The molecule has 2 rings (SSSR count). The van der Waals surface area contributed by atoms with Crippen LogP contribution in [0.3, 0.4) is 0 Å². The van der Waals surface area contributed by atoms with Crippen molar-refractivity contribution >= 4 is 83.9 Å². The van der Waals surface area contributed by atoms with Crippen molar-refractivity contribution in [3.05, 3.63) is 0 Å². The molecule has 102 heavy (non-hydrogen) atoms. The molecule has 2 aliphatic carbocycles. The fraction of sp³-hybridized carbons (Fsp3) is 0.803. The maximum absolute atomic E-state index is 13.8. The lowest BCUT2D eigenvalue weighted by atomic mass is 9.75. The maximum Gasteiger partial charge on any atom is 0.407 e. The monoisotopic (exact) mass is 1460 g/mol. The van der Waals surface area contributed by atoms with E-state index in [1.54, 1.807) is 0 Å². The van der Waals surface area contributed by atoms with Crippen LogP contribution in [0.4, 0.5) is 19.2 Å². The van der Waals surface area contributed by atoms with Crippen LogP contribution in [-0.4, -0.2) is 163 Å². The number of ketones is 1. The van der Waals surface area contributed by atoms with E-state index in [9.17, 15) is 67.1 Å². The molecule has 8 N–H and O–H groups in total. The van der Waals surface area contributed by atoms with Crippen LogP contribution in [0.2, 0.25) is 0 Å². The molecule has 2 aliphatic rings. The van der Waals surface area contributed by atoms with E-state index in [0.717, 1.165) is 70.6 Å². The molecule has 7 atom stereocenters. The van der Waals surface area contributed by atoms with Gasteiger partial charge in [-0.05, 0) is 96.3 Å². The highest BCUT2D eigenvalue weighted by Crippen LogP contribution is 2.35. The highest BCUT2D eigenvalue weighted by molar-refractivity contribution is 5.87. The fourth-order valence-corrected chi connectivity index (χ4v) is 11.7. The minimum atomic E-state index is -1.74. The molecule has 31 heteroatoms. The largest absolute Gasteiger partial charge is 0.465 e. The van der Waals surface area contributed by atoms with Gasteiger partial charge >= 0.3 is 78.1 Å². The summed E-state index contributed by atoms with van der Waals surface area (Å²) in [7, 11) is 0. The smallest absolute Gasteiger partial charge is 0.407 e. The Bertz CT molecular complexity index is 2550. The van der Waals surface area contributed by atoms with E-state index in [2.05, 4.69) is 18.6 Å². The molecular weight excluding hydrogens is 1340 g/mol. The van der Waals surface area contributed by atoms with Gasteiger partial charge in [0.05, 0.1) is 50.8 Å². The Morgan fingerprint density at radius 2 is 0.657 bits per heavy atom. The van der Waals surface area contributed by atoms with E-state index in [1.807, 2.05) is 0 Å². The molecule has 0 radical (unpaired) electrons. The van der Waals surface area contributed by atoms with Crippen molar-refractivity contribution in [1.82, 2.24) is 0 Å². The summed E-state index contributed by atoms with van der Waals surface area (Å²) in [6.07, 6.45) is 14.5. The molecule has 31 nitrogen and oxygen atoms in total. The van der Waals surface area contributed by atoms with Gasteiger partial charge in [-0.2, -0.15) is 0 Å². The standard InChI is InChI=1S/C71H116N4O27/c1-3-5-7-9-11-13-18-34-57(77)93-43-51(44-95-68(73)87)42-56(76)52-30-23-24-31-53(52)64(83)90-39-27-15-20-36-59(79)97-47-71(50-100-62(82)45-96-69(74)88,49-99-61(81)38-22-17-29-41-92-67(72)86)48-98-60(80)37-21-16-28-40-91-65(84)54-32-25-26-33-55(54)66(85)101-63(102-70(75)89)46-94-58(78)35-19-14-12-10-8-6-4-2/h51-55,63H,3-50H2,1-2H3,(H2,72,86)(H2,73,87)(H2,74,88)(H2,75,89). The normalized spacial score (nSPS) is 16.7. The van der Waals surface area contributed by atoms with Gasteiger partial charge < -0.3 is 84.5 Å². The second-order valence-electron chi connectivity index (χ2n) is 26.3. The van der Waals surface area contributed by atoms with Gasteiger partial charge in [0.25, 0.3) is 6.29 Å². The average molecular weight is 1460 g/mol. The van der Waals surface area contributed by atoms with E-state index >= 15 is 0 Å². The summed E-state index contributed by atoms with van der Waals surface area (Å²) in [6, 6.07) is 0. The molecule has 0 aromatic carbocycles. The number of carbonyl (C=O) groups excluding carboxylic acids is 14. The van der Waals surface area contributed by atoms with Crippen molar-refractivity contribution in [3.8, 4) is 0 Å². The van der Waals surface area contributed by atoms with Crippen LogP contribution in [0.5, 0.6) is 0 Å². The van der Waals surface area contributed by atoms with Gasteiger partial charge in [0.1, 0.15) is 37.6 Å². The van der Waals surface area contributed by atoms with Crippen LogP contribution >= 0.6 is 0 Å². The van der Waals surface area contributed by atoms with Crippen LogP contribution < -0.4 is 22.9 Å². The Morgan fingerprint density at radius 1 is 0.324 bits per heavy atom. The number of amides is 4. The highest BCUT2D eigenvalue weighted by atomic mass is 16.7. The zero-order valence-corrected chi connectivity index (χ0v) is 60.2. The second kappa shape index (κ2) is 55.6. The third kappa shape index (κ3) is 44.4. The SMILES string of the molecule is CCCCCCCCCC(=O)OCC(COC(N)=O)CC(=O)C1CCCCC1C(=O)OCCCCCC(=O)OCC(COC(=O)CCCCCOC(N)=O)(COC(=O)CCCCCOC(=O)C1CCCCC1C(=O)OC(COC(=O)CCCCCCCCC)OC(N)=O)COC(=O)COC(N)=O. The summed E-state index contributed by atoms with van der Waals surface area (Å²) in [6.45, 7) is -0.363. The van der Waals surface area contributed by atoms with Crippen LogP contribution in [0.25, 0.3) is 0 Å². The van der Waals surface area contributed by atoms with Gasteiger partial charge in [-0.25, -0.2) is 24.0 Å². The van der Waals surface area contributed by atoms with Crippen LogP contribution in [-0.2, 0) is 110 Å². The molecule has 0 spiro atoms. The van der Waals surface area contributed by atoms with Crippen molar-refractivity contribution in [1.29, 1.82) is 0 Å². The molecule has 4 amide bonds. The van der Waals surface area contributed by atoms with Crippen molar-refractivity contribution < 1.29 is 129 Å². The molecular formula is C71H116N4O27. The highest BCUT2D eigenvalue weighted by Gasteiger charge is 2.41. The average Bonchev–Trinajstić information content (AvgIpc) is 0.849. The molecule has 0 saturated heterocycles. The lowest BCUT2D eigenvalue weighted by Crippen LogP contribution is -2.44. The summed E-state index contributed by atoms with van der Waals surface area (Å²) in [5, 5.41) is 0. The van der Waals surface area contributed by atoms with Crippen molar-refractivity contribution in [2.45, 2.75) is 258 Å². The number of primary amides is 4. The number of unbranched alkanes of at least 4 members (excludes halogenated alkanes) is 18. The number of ether oxygens (including phenoxy) is 13. The number of hydrogen-bond acceptors (Lipinski definition) is 27. The molecule has 0 heterocycles. The van der Waals surface area contributed by atoms with Crippen LogP contribution in [0.15, 0.2) is 0 Å². The van der Waals surface area contributed by atoms with E-state index < -0.39 is 159 Å². The Hall–Kier alpha value is -8.02. The first-order chi connectivity index (χ1) is 49.0. The third-order valence-corrected chi connectivity index (χ3v) is 17.4. The summed E-state index contributed by atoms with van der Waals surface area (Å²) in [5.41, 5.74) is 18.7. The van der Waals surface area contributed by atoms with E-state index in [0.29, 0.717) is 96.3 Å². The Morgan fingerprint density at radius 3 is 1.07 bits per heavy atom. The van der Waals surface area contributed by atoms with E-state index in [-0.39, 0.29) is 103 Å². The Kier molecular flexibility index (Phi) is 49.1. The second-order valence-corrected chi connectivity index (χ2v) is 26.3. The predicted octanol–water partition coefficient (Wildman–Crippen LogP) is 9.72. The van der Waals surface area contributed by atoms with Gasteiger partial charge in [-0.1, -0.05) is 117 Å². The molecule has 582 valence electrons. The minimum Gasteiger partial charge on any atom is -0.465 e. The molecule has 7 unspecified atom stereocenters. The van der Waals surface area contributed by atoms with Crippen molar-refractivity contribution in [2.75, 3.05) is 72.7 Å². The first-order valence-corrected chi connectivity index (χ1v) is 36.7. The van der Waals surface area contributed by atoms with Crippen LogP contribution in [0, 0.1) is 35.0 Å². The summed E-state index contributed by atoms with van der Waals surface area (Å²) >= 11 is 0. The molecule has 2 fully saturated rings. The first kappa shape index (κ1) is 90.1. The van der Waals surface area contributed by atoms with Gasteiger partial charge in [-0.3, -0.25) is 43.2 Å². The van der Waals surface area contributed by atoms with Crippen molar-refractivity contribution in [3.63, 3.8) is 0 Å². The topological polar surface area (TPSA) is 463 Å². The number of hydrogen-bond donors (Lipinski definition) is 4. The van der Waals surface area contributed by atoms with E-state index in [4.69, 9.17) is 79.8 Å². The molecule has 0 aromatic rings. The quantitative estimate of drug-likeness (QED) is 0.0190.